The number of hydrogen-bond acceptors (Lipinski definition) is 7. The second-order valence-electron chi connectivity index (χ2n) is 10.6. The number of carbonyl (C=O) groups is 3. The van der Waals surface area contributed by atoms with Crippen molar-refractivity contribution >= 4 is 17.8 Å². The van der Waals surface area contributed by atoms with Crippen LogP contribution < -0.4 is 10.6 Å². The largest absolute Gasteiger partial charge is 0.463 e. The van der Waals surface area contributed by atoms with Crippen molar-refractivity contribution in [2.45, 2.75) is 51.2 Å². The van der Waals surface area contributed by atoms with Gasteiger partial charge in [-0.05, 0) is 43.2 Å². The van der Waals surface area contributed by atoms with Crippen LogP contribution in [0, 0.1) is 11.8 Å². The molecule has 0 spiro atoms. The highest BCUT2D eigenvalue weighted by Crippen LogP contribution is 2.18. The van der Waals surface area contributed by atoms with Crippen LogP contribution in [-0.4, -0.2) is 68.5 Å². The number of unbranched alkanes of at least 4 members (excludes halogenated alkanes) is 1. The number of allylic oxidation sites excluding steroid dienone is 2. The van der Waals surface area contributed by atoms with Crippen LogP contribution in [0.1, 0.15) is 43.2 Å². The van der Waals surface area contributed by atoms with Gasteiger partial charge in [0, 0.05) is 13.0 Å². The quantitative estimate of drug-likeness (QED) is 0.0930. The van der Waals surface area contributed by atoms with Crippen LogP contribution in [0.4, 0.5) is 0 Å². The minimum Gasteiger partial charge on any atom is -0.463 e. The van der Waals surface area contributed by atoms with Crippen molar-refractivity contribution < 1.29 is 33.7 Å². The number of nitrogens with one attached hydrogen (secondary N) is 2. The molecule has 9 nitrogen and oxygen atoms in total. The Balaban J connectivity index is 2.04. The molecule has 9 heteroatoms. The molecule has 2 rings (SSSR count). The Bertz CT molecular complexity index is 1110. The molecule has 0 unspecified atom stereocenters. The Kier molecular flexibility index (Phi) is 18.8. The smallest absolute Gasteiger partial charge is 0.309 e. The van der Waals surface area contributed by atoms with Crippen LogP contribution in [0.2, 0.25) is 0 Å². The van der Waals surface area contributed by atoms with E-state index < -0.39 is 12.0 Å². The normalized spacial score (nSPS) is 12.8. The van der Waals surface area contributed by atoms with E-state index >= 15 is 0 Å². The Labute approximate surface area is 261 Å². The van der Waals surface area contributed by atoms with E-state index in [0.717, 1.165) is 24.0 Å². The highest BCUT2D eigenvalue weighted by atomic mass is 16.5. The van der Waals surface area contributed by atoms with Gasteiger partial charge in [0.2, 0.25) is 11.8 Å². The van der Waals surface area contributed by atoms with Crippen molar-refractivity contribution in [3.63, 3.8) is 0 Å². The van der Waals surface area contributed by atoms with Gasteiger partial charge in [-0.25, -0.2) is 0 Å². The lowest BCUT2D eigenvalue weighted by Crippen LogP contribution is -2.46. The van der Waals surface area contributed by atoms with E-state index in [2.05, 4.69) is 23.8 Å². The molecule has 0 aromatic heterocycles. The lowest BCUT2D eigenvalue weighted by Gasteiger charge is -2.23. The lowest BCUT2D eigenvalue weighted by atomic mass is 9.94. The molecule has 240 valence electrons. The summed E-state index contributed by atoms with van der Waals surface area (Å²) in [5.41, 5.74) is 2.03. The molecule has 2 amide bonds. The Morgan fingerprint density at radius 1 is 0.864 bits per heavy atom. The molecule has 0 aliphatic carbocycles. The first kappa shape index (κ1) is 36.4. The maximum atomic E-state index is 13.3. The predicted molar refractivity (Wildman–Crippen MR) is 171 cm³/mol. The first-order chi connectivity index (χ1) is 21.5. The molecule has 0 bridgehead atoms. The van der Waals surface area contributed by atoms with Gasteiger partial charge in [-0.2, -0.15) is 0 Å². The average Bonchev–Trinajstić information content (AvgIpc) is 3.03. The van der Waals surface area contributed by atoms with Crippen LogP contribution in [-0.2, 0) is 41.6 Å². The molecule has 2 aromatic carbocycles. The van der Waals surface area contributed by atoms with E-state index in [9.17, 15) is 14.4 Å². The predicted octanol–water partition coefficient (Wildman–Crippen LogP) is 4.15. The summed E-state index contributed by atoms with van der Waals surface area (Å²) in [6.07, 6.45) is 6.51. The average molecular weight is 609 g/mol. The topological polar surface area (TPSA) is 123 Å². The van der Waals surface area contributed by atoms with E-state index in [1.54, 1.807) is 6.08 Å². The second kappa shape index (κ2) is 22.7. The minimum absolute atomic E-state index is 0.0440. The van der Waals surface area contributed by atoms with Crippen molar-refractivity contribution in [2.75, 3.05) is 39.6 Å². The second-order valence-corrected chi connectivity index (χ2v) is 10.6. The third-order valence-electron chi connectivity index (χ3n) is 6.88. The van der Waals surface area contributed by atoms with Crippen LogP contribution in [0.3, 0.4) is 0 Å². The van der Waals surface area contributed by atoms with Crippen molar-refractivity contribution in [3.8, 4) is 0 Å². The number of carbonyl (C=O) groups excluding carboxylic acids is 3. The van der Waals surface area contributed by atoms with Crippen molar-refractivity contribution in [2.24, 2.45) is 11.8 Å². The van der Waals surface area contributed by atoms with Crippen LogP contribution >= 0.6 is 0 Å². The van der Waals surface area contributed by atoms with Gasteiger partial charge in [-0.15, -0.1) is 13.2 Å². The van der Waals surface area contributed by atoms with Crippen molar-refractivity contribution in [1.82, 2.24) is 10.6 Å². The van der Waals surface area contributed by atoms with E-state index in [-0.39, 0.29) is 69.7 Å². The number of amides is 2. The summed E-state index contributed by atoms with van der Waals surface area (Å²) in [5.74, 6) is -1.98. The minimum atomic E-state index is -0.664. The van der Waals surface area contributed by atoms with Gasteiger partial charge in [0.1, 0.15) is 6.61 Å². The molecule has 0 aliphatic rings. The van der Waals surface area contributed by atoms with Crippen LogP contribution in [0.15, 0.2) is 86.0 Å². The number of aliphatic hydroxyl groups excluding tert-OH is 1. The third kappa shape index (κ3) is 15.6. The number of benzene rings is 2. The van der Waals surface area contributed by atoms with E-state index in [1.807, 2.05) is 66.7 Å². The number of rotatable bonds is 24. The number of ether oxygens (including phenoxy) is 3. The molecule has 3 N–H and O–H groups in total. The molecule has 3 atom stereocenters. The highest BCUT2D eigenvalue weighted by Gasteiger charge is 2.26. The zero-order valence-electron chi connectivity index (χ0n) is 25.7. The molecule has 44 heavy (non-hydrogen) atoms. The number of hydrogen-bond donors (Lipinski definition) is 3. The summed E-state index contributed by atoms with van der Waals surface area (Å²) in [6, 6.07) is 18.8. The lowest BCUT2D eigenvalue weighted by molar-refractivity contribution is -0.150. The zero-order chi connectivity index (χ0) is 31.8. The summed E-state index contributed by atoms with van der Waals surface area (Å²) in [7, 11) is 0. The van der Waals surface area contributed by atoms with Gasteiger partial charge in [-0.3, -0.25) is 14.4 Å². The monoisotopic (exact) mass is 608 g/mol. The zero-order valence-corrected chi connectivity index (χ0v) is 25.7. The molecule has 0 fully saturated rings. The number of esters is 1. The fourth-order valence-electron chi connectivity index (χ4n) is 4.56. The van der Waals surface area contributed by atoms with Gasteiger partial charge < -0.3 is 30.0 Å². The van der Waals surface area contributed by atoms with Gasteiger partial charge in [0.25, 0.3) is 0 Å². The highest BCUT2D eigenvalue weighted by molar-refractivity contribution is 5.86. The van der Waals surface area contributed by atoms with E-state index in [1.165, 1.54) is 0 Å². The molecule has 0 aliphatic heterocycles. The molecular weight excluding hydrogens is 560 g/mol. The maximum Gasteiger partial charge on any atom is 0.309 e. The first-order valence-corrected chi connectivity index (χ1v) is 15.3. The Hall–Kier alpha value is -3.79. The van der Waals surface area contributed by atoms with Gasteiger partial charge >= 0.3 is 5.97 Å². The fourth-order valence-corrected chi connectivity index (χ4v) is 4.56. The summed E-state index contributed by atoms with van der Waals surface area (Å²) in [5, 5.41) is 14.5. The first-order valence-electron chi connectivity index (χ1n) is 15.3. The standard InChI is InChI=1S/C35H48N2O7/c1-3-5-8-18-31(23-28-14-9-6-10-15-28)35(41)44-27-32(26-43-25-29-16-11-7-12-17-29)37-34(40)30(13-4-2)24-33(39)36-19-21-42-22-20-38/h3-4,6-7,9-12,14-17,30-32,38H,1-2,5,8,13,18-27H2,(H,36,39)(H,37,40)/t30-,31-,32+/m1/s1. The maximum absolute atomic E-state index is 13.3. The number of aliphatic hydroxyl groups is 1. The SMILES string of the molecule is C=CCCC[C@H](Cc1ccccc1)C(=O)OC[C@H](COCc1ccccc1)NC(=O)[C@H](CC=C)CC(=O)NCCOCCO. The van der Waals surface area contributed by atoms with Gasteiger partial charge in [-0.1, -0.05) is 72.8 Å². The van der Waals surface area contributed by atoms with Crippen LogP contribution in [0.5, 0.6) is 0 Å². The summed E-state index contributed by atoms with van der Waals surface area (Å²) in [6.45, 7) is 8.52. The molecule has 0 saturated heterocycles. The summed E-state index contributed by atoms with van der Waals surface area (Å²) < 4.78 is 16.9. The van der Waals surface area contributed by atoms with Gasteiger partial charge in [0.05, 0.1) is 50.9 Å². The Morgan fingerprint density at radius 3 is 2.23 bits per heavy atom. The van der Waals surface area contributed by atoms with Crippen molar-refractivity contribution in [3.05, 3.63) is 97.1 Å². The molecular formula is C35H48N2O7. The Morgan fingerprint density at radius 2 is 1.57 bits per heavy atom. The van der Waals surface area contributed by atoms with Gasteiger partial charge in [0.15, 0.2) is 0 Å². The van der Waals surface area contributed by atoms with Crippen LogP contribution in [0.25, 0.3) is 0 Å². The summed E-state index contributed by atoms with van der Waals surface area (Å²) in [4.78, 5) is 39.1. The van der Waals surface area contributed by atoms with E-state index in [0.29, 0.717) is 25.9 Å². The van der Waals surface area contributed by atoms with E-state index in [4.69, 9.17) is 19.3 Å². The fraction of sp³-hybridized carbons (Fsp3) is 0.457. The summed E-state index contributed by atoms with van der Waals surface area (Å²) >= 11 is 0. The van der Waals surface area contributed by atoms with Crippen molar-refractivity contribution in [1.29, 1.82) is 0 Å². The molecule has 0 saturated carbocycles. The molecule has 2 aromatic rings. The molecule has 0 radical (unpaired) electrons. The molecule has 0 heterocycles. The third-order valence-corrected chi connectivity index (χ3v) is 6.88.